The van der Waals surface area contributed by atoms with Crippen LogP contribution >= 0.6 is 0 Å². The molecule has 1 aliphatic carbocycles. The topological polar surface area (TPSA) is 54.0 Å². The van der Waals surface area contributed by atoms with E-state index in [0.29, 0.717) is 17.5 Å². The molecule has 1 fully saturated rings. The van der Waals surface area contributed by atoms with Crippen LogP contribution in [0, 0.1) is 5.92 Å². The number of fused-ring (bicyclic) bond motifs is 4. The lowest BCUT2D eigenvalue weighted by molar-refractivity contribution is 0.0922. The van der Waals surface area contributed by atoms with E-state index in [-0.39, 0.29) is 11.9 Å². The van der Waals surface area contributed by atoms with E-state index >= 15 is 0 Å². The van der Waals surface area contributed by atoms with Crippen molar-refractivity contribution in [3.05, 3.63) is 77.6 Å². The summed E-state index contributed by atoms with van der Waals surface area (Å²) in [6.07, 6.45) is 1.71. The first-order chi connectivity index (χ1) is 12.3. The van der Waals surface area contributed by atoms with Gasteiger partial charge in [-0.15, -0.1) is 0 Å². The second-order valence-corrected chi connectivity index (χ2v) is 6.89. The molecule has 0 unspecified atom stereocenters. The molecule has 0 saturated carbocycles. The number of nitrogens with one attached hydrogen (secondary N) is 2. The molecule has 4 heteroatoms. The van der Waals surface area contributed by atoms with E-state index in [9.17, 15) is 4.79 Å². The highest BCUT2D eigenvalue weighted by molar-refractivity contribution is 6.05. The Labute approximate surface area is 146 Å². The number of carbonyl (C=O) groups is 1. The minimum atomic E-state index is -0.0934. The highest BCUT2D eigenvalue weighted by atomic mass is 16.2. The van der Waals surface area contributed by atoms with Crippen LogP contribution in [-0.2, 0) is 0 Å². The van der Waals surface area contributed by atoms with Gasteiger partial charge in [-0.2, -0.15) is 0 Å². The number of benzene rings is 2. The quantitative estimate of drug-likeness (QED) is 0.760. The average Bonchev–Trinajstić information content (AvgIpc) is 3.24. The van der Waals surface area contributed by atoms with Gasteiger partial charge >= 0.3 is 0 Å². The van der Waals surface area contributed by atoms with Crippen LogP contribution < -0.4 is 10.6 Å². The maximum Gasteiger partial charge on any atom is 0.271 e. The van der Waals surface area contributed by atoms with Crippen LogP contribution in [0.3, 0.4) is 0 Å². The lowest BCUT2D eigenvalue weighted by Crippen LogP contribution is -2.33. The van der Waals surface area contributed by atoms with E-state index in [1.165, 1.54) is 11.1 Å². The van der Waals surface area contributed by atoms with E-state index < -0.39 is 0 Å². The Morgan fingerprint density at radius 1 is 1.00 bits per heavy atom. The van der Waals surface area contributed by atoms with Gasteiger partial charge in [0.1, 0.15) is 5.69 Å². The van der Waals surface area contributed by atoms with Crippen LogP contribution in [0.15, 0.2) is 60.8 Å². The Kier molecular flexibility index (Phi) is 3.31. The van der Waals surface area contributed by atoms with E-state index in [1.807, 2.05) is 30.3 Å². The molecule has 0 bridgehead atoms. The van der Waals surface area contributed by atoms with E-state index in [4.69, 9.17) is 0 Å². The zero-order valence-electron chi connectivity index (χ0n) is 13.8. The number of nitrogens with zero attached hydrogens (tertiary/aromatic N) is 1. The van der Waals surface area contributed by atoms with Gasteiger partial charge in [-0.3, -0.25) is 9.78 Å². The van der Waals surface area contributed by atoms with Crippen molar-refractivity contribution in [3.63, 3.8) is 0 Å². The summed E-state index contributed by atoms with van der Waals surface area (Å²) < 4.78 is 0. The van der Waals surface area contributed by atoms with Crippen molar-refractivity contribution < 1.29 is 4.79 Å². The monoisotopic (exact) mass is 329 g/mol. The smallest absolute Gasteiger partial charge is 0.271 e. The van der Waals surface area contributed by atoms with Gasteiger partial charge in [0.25, 0.3) is 5.91 Å². The number of rotatable bonds is 2. The number of aromatic nitrogens is 1. The molecule has 5 rings (SSSR count). The lowest BCUT2D eigenvalue weighted by Gasteiger charge is -2.20. The van der Waals surface area contributed by atoms with Gasteiger partial charge in [-0.25, -0.2) is 0 Å². The van der Waals surface area contributed by atoms with E-state index in [2.05, 4.69) is 39.9 Å². The Bertz CT molecular complexity index is 963. The van der Waals surface area contributed by atoms with Crippen molar-refractivity contribution >= 4 is 16.7 Å². The summed E-state index contributed by atoms with van der Waals surface area (Å²) in [6, 6.07) is 18.4. The van der Waals surface area contributed by atoms with Crippen LogP contribution in [0.4, 0.5) is 0 Å². The molecule has 2 aliphatic rings. The molecule has 2 N–H and O–H groups in total. The fourth-order valence-electron chi connectivity index (χ4n) is 4.45. The molecule has 2 aromatic carbocycles. The van der Waals surface area contributed by atoms with Crippen molar-refractivity contribution in [1.82, 2.24) is 15.6 Å². The Morgan fingerprint density at radius 2 is 1.80 bits per heavy atom. The standard InChI is InChI=1S/C21H19N3O/c25-21(20-14-6-2-1-5-13(14)9-10-23-20)24-19-16-8-4-3-7-15(16)17-11-22-12-18(17)19/h1-10,17-19,22H,11-12H2,(H,24,25)/t17-,18-,19-/m0/s1. The summed E-state index contributed by atoms with van der Waals surface area (Å²) >= 11 is 0. The van der Waals surface area contributed by atoms with Crippen molar-refractivity contribution in [2.45, 2.75) is 12.0 Å². The minimum absolute atomic E-state index is 0.0458. The zero-order valence-corrected chi connectivity index (χ0v) is 13.8. The van der Waals surface area contributed by atoms with Gasteiger partial charge in [0.2, 0.25) is 0 Å². The van der Waals surface area contributed by atoms with Crippen LogP contribution in [0.25, 0.3) is 10.8 Å². The first kappa shape index (κ1) is 14.6. The van der Waals surface area contributed by atoms with Crippen LogP contribution in [0.5, 0.6) is 0 Å². The molecule has 1 aliphatic heterocycles. The summed E-state index contributed by atoms with van der Waals surface area (Å²) in [7, 11) is 0. The van der Waals surface area contributed by atoms with Crippen molar-refractivity contribution in [1.29, 1.82) is 0 Å². The molecule has 124 valence electrons. The summed E-state index contributed by atoms with van der Waals surface area (Å²) in [6.45, 7) is 1.92. The minimum Gasteiger partial charge on any atom is -0.344 e. The van der Waals surface area contributed by atoms with Crippen LogP contribution in [-0.4, -0.2) is 24.0 Å². The van der Waals surface area contributed by atoms with E-state index in [0.717, 1.165) is 23.9 Å². The third kappa shape index (κ3) is 2.25. The molecular weight excluding hydrogens is 310 g/mol. The van der Waals surface area contributed by atoms with E-state index in [1.54, 1.807) is 6.20 Å². The SMILES string of the molecule is O=C(N[C@H]1c2ccccc2[C@@H]2CNC[C@@H]21)c1nccc2ccccc12. The summed E-state index contributed by atoms with van der Waals surface area (Å²) in [5.74, 6) is 0.808. The predicted octanol–water partition coefficient (Wildman–Crippen LogP) is 3.02. The molecule has 0 radical (unpaired) electrons. The Morgan fingerprint density at radius 3 is 2.72 bits per heavy atom. The third-order valence-electron chi connectivity index (χ3n) is 5.60. The highest BCUT2D eigenvalue weighted by Crippen LogP contribution is 2.46. The molecule has 3 aromatic rings. The number of carbonyl (C=O) groups excluding carboxylic acids is 1. The summed E-state index contributed by atoms with van der Waals surface area (Å²) in [5, 5.41) is 8.68. The molecule has 4 nitrogen and oxygen atoms in total. The normalized spacial score (nSPS) is 24.1. The molecule has 0 spiro atoms. The largest absolute Gasteiger partial charge is 0.344 e. The number of hydrogen-bond acceptors (Lipinski definition) is 3. The van der Waals surface area contributed by atoms with Gasteiger partial charge in [0, 0.05) is 36.5 Å². The van der Waals surface area contributed by atoms with Gasteiger partial charge in [-0.1, -0.05) is 48.5 Å². The summed E-state index contributed by atoms with van der Waals surface area (Å²) in [5.41, 5.74) is 3.13. The predicted molar refractivity (Wildman–Crippen MR) is 97.5 cm³/mol. The molecule has 1 amide bonds. The van der Waals surface area contributed by atoms with Crippen molar-refractivity contribution in [3.8, 4) is 0 Å². The average molecular weight is 329 g/mol. The van der Waals surface area contributed by atoms with Crippen LogP contribution in [0.2, 0.25) is 0 Å². The Hall–Kier alpha value is -2.72. The zero-order chi connectivity index (χ0) is 16.8. The molecule has 2 heterocycles. The number of pyridine rings is 1. The second-order valence-electron chi connectivity index (χ2n) is 6.89. The Balaban J connectivity index is 1.52. The lowest BCUT2D eigenvalue weighted by atomic mass is 9.94. The highest BCUT2D eigenvalue weighted by Gasteiger charge is 2.43. The second kappa shape index (κ2) is 5.67. The van der Waals surface area contributed by atoms with Crippen molar-refractivity contribution in [2.75, 3.05) is 13.1 Å². The fourth-order valence-corrected chi connectivity index (χ4v) is 4.45. The first-order valence-electron chi connectivity index (χ1n) is 8.77. The van der Waals surface area contributed by atoms with Gasteiger partial charge in [0.05, 0.1) is 6.04 Å². The van der Waals surface area contributed by atoms with Gasteiger partial charge in [-0.05, 0) is 22.6 Å². The third-order valence-corrected chi connectivity index (χ3v) is 5.60. The molecule has 1 aromatic heterocycles. The number of amides is 1. The molecular formula is C21H19N3O. The van der Waals surface area contributed by atoms with Crippen molar-refractivity contribution in [2.24, 2.45) is 5.92 Å². The fraction of sp³-hybridized carbons (Fsp3) is 0.238. The first-order valence-corrected chi connectivity index (χ1v) is 8.77. The van der Waals surface area contributed by atoms with Crippen LogP contribution in [0.1, 0.15) is 33.6 Å². The van der Waals surface area contributed by atoms with Gasteiger partial charge in [0.15, 0.2) is 0 Å². The molecule has 1 saturated heterocycles. The molecule has 25 heavy (non-hydrogen) atoms. The maximum absolute atomic E-state index is 13.0. The molecule has 3 atom stereocenters. The summed E-state index contributed by atoms with van der Waals surface area (Å²) in [4.78, 5) is 17.4. The number of hydrogen-bond donors (Lipinski definition) is 2. The maximum atomic E-state index is 13.0. The van der Waals surface area contributed by atoms with Gasteiger partial charge < -0.3 is 10.6 Å².